The summed E-state index contributed by atoms with van der Waals surface area (Å²) in [5.41, 5.74) is 0.463. The Hall–Kier alpha value is -4.77. The van der Waals surface area contributed by atoms with E-state index >= 15 is 0 Å². The van der Waals surface area contributed by atoms with E-state index in [-0.39, 0.29) is 23.8 Å². The number of alkyl halides is 6. The van der Waals surface area contributed by atoms with Crippen molar-refractivity contribution in [3.63, 3.8) is 0 Å². The van der Waals surface area contributed by atoms with E-state index in [1.165, 1.54) is 18.1 Å². The number of aliphatic hydroxyl groups is 1. The molecule has 0 bridgehead atoms. The summed E-state index contributed by atoms with van der Waals surface area (Å²) in [7, 11) is 1.48. The van der Waals surface area contributed by atoms with Crippen LogP contribution in [-0.4, -0.2) is 95.4 Å². The smallest absolute Gasteiger partial charge is 0.416 e. The fourth-order valence-electron chi connectivity index (χ4n) is 6.17. The molecule has 3 atom stereocenters. The molecule has 2 fully saturated rings. The lowest BCUT2D eigenvalue weighted by Gasteiger charge is -2.29. The molecule has 2 aromatic carbocycles. The van der Waals surface area contributed by atoms with Gasteiger partial charge in [0.2, 0.25) is 12.4 Å². The second-order valence-electron chi connectivity index (χ2n) is 12.7. The second kappa shape index (κ2) is 15.7. The quantitative estimate of drug-likeness (QED) is 0.165. The topological polar surface area (TPSA) is 117 Å². The molecule has 16 heteroatoms. The van der Waals surface area contributed by atoms with Gasteiger partial charge in [-0.05, 0) is 79.5 Å². The number of anilines is 1. The minimum atomic E-state index is -5.13. The number of methoxy groups -OCH3 is 1. The first-order chi connectivity index (χ1) is 24.9. The van der Waals surface area contributed by atoms with Gasteiger partial charge in [-0.3, -0.25) is 0 Å². The number of rotatable bonds is 10. The average Bonchev–Trinajstić information content (AvgIpc) is 3.39. The number of aromatic nitrogens is 2. The highest BCUT2D eigenvalue weighted by Gasteiger charge is 2.42. The standard InChI is InChI=1S/C37H38F6N4O6/c1-20-14-25(33(48)49)6-8-27(20)24-7-9-31(51-5)28(17-24)29-18-44-34(46-10-12-52-13-11-46)45-30(29)19-47-23(4)32(53-35(47)50)21(2)15-26(37(41,42)43)16-22(3)36(38,39)40/h6-9,14-18,23,32,35,50H,2,10-13,19H2,1,3-5H3,(H,48,49)/b22-16+,26-15+/t23-,32+,35?/m0/s1. The Bertz CT molecular complexity index is 1920. The van der Waals surface area contributed by atoms with Crippen LogP contribution in [0.4, 0.5) is 32.3 Å². The van der Waals surface area contributed by atoms with Gasteiger partial charge in [0.1, 0.15) is 11.9 Å². The maximum atomic E-state index is 13.8. The summed E-state index contributed by atoms with van der Waals surface area (Å²) in [6.07, 6.45) is -10.9. The Balaban J connectivity index is 1.54. The minimum absolute atomic E-state index is 0.00281. The molecule has 3 aromatic rings. The molecule has 0 saturated carbocycles. The van der Waals surface area contributed by atoms with E-state index < -0.39 is 48.0 Å². The number of carbonyl (C=O) groups is 1. The highest BCUT2D eigenvalue weighted by molar-refractivity contribution is 5.89. The number of morpholine rings is 1. The Morgan fingerprint density at radius 2 is 1.74 bits per heavy atom. The summed E-state index contributed by atoms with van der Waals surface area (Å²) in [5, 5.41) is 20.5. The third-order valence-electron chi connectivity index (χ3n) is 9.12. The van der Waals surface area contributed by atoms with Crippen LogP contribution >= 0.6 is 0 Å². The number of halogens is 6. The summed E-state index contributed by atoms with van der Waals surface area (Å²) in [4.78, 5) is 24.4. The molecule has 0 aliphatic carbocycles. The first-order valence-electron chi connectivity index (χ1n) is 16.4. The summed E-state index contributed by atoms with van der Waals surface area (Å²) in [6.45, 7) is 9.37. The maximum Gasteiger partial charge on any atom is 0.416 e. The van der Waals surface area contributed by atoms with Gasteiger partial charge in [0, 0.05) is 48.6 Å². The van der Waals surface area contributed by atoms with E-state index in [1.807, 2.05) is 17.0 Å². The van der Waals surface area contributed by atoms with Gasteiger partial charge in [-0.15, -0.1) is 0 Å². The van der Waals surface area contributed by atoms with Crippen molar-refractivity contribution in [2.45, 2.75) is 58.2 Å². The summed E-state index contributed by atoms with van der Waals surface area (Å²) in [6, 6.07) is 9.34. The van der Waals surface area contributed by atoms with E-state index in [1.54, 1.807) is 38.2 Å². The number of aromatic carboxylic acids is 1. The first-order valence-corrected chi connectivity index (χ1v) is 16.4. The number of carboxylic acid groups (broad SMARTS) is 1. The predicted molar refractivity (Wildman–Crippen MR) is 183 cm³/mol. The lowest BCUT2D eigenvalue weighted by molar-refractivity contribution is -0.148. The Morgan fingerprint density at radius 1 is 1.04 bits per heavy atom. The number of carboxylic acids is 1. The van der Waals surface area contributed by atoms with Crippen LogP contribution in [-0.2, 0) is 16.0 Å². The van der Waals surface area contributed by atoms with Crippen molar-refractivity contribution in [2.24, 2.45) is 0 Å². The molecule has 10 nitrogen and oxygen atoms in total. The van der Waals surface area contributed by atoms with Crippen LogP contribution in [0.5, 0.6) is 5.75 Å². The molecule has 2 saturated heterocycles. The van der Waals surface area contributed by atoms with E-state index in [4.69, 9.17) is 19.2 Å². The zero-order valence-corrected chi connectivity index (χ0v) is 29.3. The van der Waals surface area contributed by atoms with Crippen molar-refractivity contribution >= 4 is 11.9 Å². The SMILES string of the molecule is C=C(/C=C(\C=C(/C)C(F)(F)F)C(F)(F)F)[C@H]1OC(O)N(Cc2nc(N3CCOCC3)ncc2-c2cc(-c3ccc(C(=O)O)cc3C)ccc2OC)[C@H]1C. The molecule has 0 spiro atoms. The second-order valence-corrected chi connectivity index (χ2v) is 12.7. The van der Waals surface area contributed by atoms with E-state index in [2.05, 4.69) is 11.6 Å². The van der Waals surface area contributed by atoms with Crippen LogP contribution in [0.2, 0.25) is 0 Å². The van der Waals surface area contributed by atoms with Crippen LogP contribution in [0.25, 0.3) is 22.3 Å². The fraction of sp³-hybridized carbons (Fsp3) is 0.378. The Kier molecular flexibility index (Phi) is 11.7. The molecule has 0 amide bonds. The zero-order valence-electron chi connectivity index (χ0n) is 29.3. The van der Waals surface area contributed by atoms with E-state index in [0.29, 0.717) is 73.4 Å². The summed E-state index contributed by atoms with van der Waals surface area (Å²) in [5.74, 6) is -0.243. The molecule has 1 unspecified atom stereocenters. The summed E-state index contributed by atoms with van der Waals surface area (Å²) < 4.78 is 97.7. The minimum Gasteiger partial charge on any atom is -0.496 e. The van der Waals surface area contributed by atoms with Gasteiger partial charge in [0.25, 0.3) is 0 Å². The van der Waals surface area contributed by atoms with Crippen molar-refractivity contribution in [3.05, 3.63) is 94.9 Å². The van der Waals surface area contributed by atoms with Gasteiger partial charge in [-0.1, -0.05) is 18.7 Å². The number of hydrogen-bond acceptors (Lipinski definition) is 9. The monoisotopic (exact) mass is 748 g/mol. The van der Waals surface area contributed by atoms with Gasteiger partial charge >= 0.3 is 18.3 Å². The molecule has 284 valence electrons. The molecule has 2 aliphatic rings. The average molecular weight is 749 g/mol. The maximum absolute atomic E-state index is 13.8. The van der Waals surface area contributed by atoms with Crippen molar-refractivity contribution in [1.82, 2.24) is 14.9 Å². The van der Waals surface area contributed by atoms with Gasteiger partial charge in [0.15, 0.2) is 0 Å². The number of ether oxygens (including phenoxy) is 3. The zero-order chi connectivity index (χ0) is 38.8. The molecule has 2 N–H and O–H groups in total. The highest BCUT2D eigenvalue weighted by Crippen LogP contribution is 2.39. The Morgan fingerprint density at radius 3 is 2.34 bits per heavy atom. The molecule has 3 heterocycles. The molecule has 53 heavy (non-hydrogen) atoms. The van der Waals surface area contributed by atoms with Crippen LogP contribution < -0.4 is 9.64 Å². The highest BCUT2D eigenvalue weighted by atomic mass is 19.4. The van der Waals surface area contributed by atoms with Crippen molar-refractivity contribution in [2.75, 3.05) is 38.3 Å². The third kappa shape index (κ3) is 8.89. The van der Waals surface area contributed by atoms with E-state index in [9.17, 15) is 41.4 Å². The largest absolute Gasteiger partial charge is 0.496 e. The number of hydrogen-bond donors (Lipinski definition) is 2. The molecule has 0 radical (unpaired) electrons. The van der Waals surface area contributed by atoms with Gasteiger partial charge in [-0.25, -0.2) is 19.7 Å². The number of aliphatic hydroxyl groups excluding tert-OH is 1. The predicted octanol–water partition coefficient (Wildman–Crippen LogP) is 7.08. The van der Waals surface area contributed by atoms with Crippen LogP contribution in [0.3, 0.4) is 0 Å². The van der Waals surface area contributed by atoms with Crippen molar-refractivity contribution < 1.29 is 55.6 Å². The number of aryl methyl sites for hydroxylation is 1. The normalized spacial score (nSPS) is 20.5. The van der Waals surface area contributed by atoms with Gasteiger partial charge in [-0.2, -0.15) is 26.3 Å². The number of allylic oxidation sites excluding steroid dienone is 3. The number of nitrogens with zero attached hydrogens (tertiary/aromatic N) is 4. The van der Waals surface area contributed by atoms with Gasteiger partial charge in [0.05, 0.1) is 37.2 Å². The molecular weight excluding hydrogens is 710 g/mol. The molecule has 1 aromatic heterocycles. The lowest BCUT2D eigenvalue weighted by atomic mass is 9.94. The van der Waals surface area contributed by atoms with Crippen LogP contribution in [0.15, 0.2) is 78.0 Å². The van der Waals surface area contributed by atoms with Crippen molar-refractivity contribution in [3.8, 4) is 28.0 Å². The van der Waals surface area contributed by atoms with Crippen molar-refractivity contribution in [1.29, 1.82) is 0 Å². The first kappa shape index (κ1) is 39.4. The van der Waals surface area contributed by atoms with Gasteiger partial charge < -0.3 is 29.3 Å². The molecular formula is C37H38F6N4O6. The van der Waals surface area contributed by atoms with Crippen LogP contribution in [0, 0.1) is 6.92 Å². The van der Waals surface area contributed by atoms with Crippen LogP contribution in [0.1, 0.15) is 35.5 Å². The Labute approximate surface area is 301 Å². The fourth-order valence-corrected chi connectivity index (χ4v) is 6.17. The summed E-state index contributed by atoms with van der Waals surface area (Å²) >= 11 is 0. The molecule has 2 aliphatic heterocycles. The number of benzene rings is 2. The third-order valence-corrected chi connectivity index (χ3v) is 9.12. The van der Waals surface area contributed by atoms with E-state index in [0.717, 1.165) is 11.1 Å². The molecule has 5 rings (SSSR count). The lowest BCUT2D eigenvalue weighted by Crippen LogP contribution is -2.39.